The second-order valence-corrected chi connectivity index (χ2v) is 3.99. The highest BCUT2D eigenvalue weighted by atomic mass is 16.1. The number of aromatic amines is 2. The molecule has 18 heavy (non-hydrogen) atoms. The van der Waals surface area contributed by atoms with Gasteiger partial charge in [-0.1, -0.05) is 18.2 Å². The molecule has 0 saturated carbocycles. The number of aromatic nitrogens is 3. The smallest absolute Gasteiger partial charge is 0.269 e. The van der Waals surface area contributed by atoms with Crippen molar-refractivity contribution < 1.29 is 4.79 Å². The van der Waals surface area contributed by atoms with Crippen LogP contribution in [0.5, 0.6) is 0 Å². The molecule has 5 heteroatoms. The van der Waals surface area contributed by atoms with Gasteiger partial charge < -0.3 is 10.3 Å². The Balaban J connectivity index is 2.09. The predicted molar refractivity (Wildman–Crippen MR) is 69.3 cm³/mol. The molecule has 0 unspecified atom stereocenters. The van der Waals surface area contributed by atoms with Gasteiger partial charge in [0.25, 0.3) is 5.91 Å². The van der Waals surface area contributed by atoms with Crippen LogP contribution in [0, 0.1) is 0 Å². The summed E-state index contributed by atoms with van der Waals surface area (Å²) in [5, 5.41) is 10.6. The predicted octanol–water partition coefficient (Wildman–Crippen LogP) is 1.92. The molecule has 3 aromatic rings. The average molecular weight is 240 g/mol. The third kappa shape index (κ3) is 1.57. The number of rotatable bonds is 2. The number of nitrogens with one attached hydrogen (secondary N) is 3. The van der Waals surface area contributed by atoms with Crippen LogP contribution in [0.2, 0.25) is 0 Å². The van der Waals surface area contributed by atoms with Gasteiger partial charge in [-0.3, -0.25) is 9.89 Å². The summed E-state index contributed by atoms with van der Waals surface area (Å²) in [5.74, 6) is -0.173. The van der Waals surface area contributed by atoms with E-state index in [4.69, 9.17) is 0 Å². The molecule has 0 aliphatic heterocycles. The fourth-order valence-electron chi connectivity index (χ4n) is 1.99. The van der Waals surface area contributed by atoms with E-state index in [1.165, 1.54) is 0 Å². The number of H-pyrrole nitrogens is 2. The summed E-state index contributed by atoms with van der Waals surface area (Å²) in [6.07, 6.45) is 1.90. The number of carbonyl (C=O) groups excluding carboxylic acids is 1. The number of hydrogen-bond acceptors (Lipinski definition) is 2. The van der Waals surface area contributed by atoms with Crippen LogP contribution < -0.4 is 5.32 Å². The fraction of sp³-hybridized carbons (Fsp3) is 0.0769. The minimum absolute atomic E-state index is 0.173. The maximum Gasteiger partial charge on any atom is 0.269 e. The highest BCUT2D eigenvalue weighted by Gasteiger charge is 2.12. The van der Waals surface area contributed by atoms with Gasteiger partial charge in [-0.25, -0.2) is 0 Å². The molecule has 0 radical (unpaired) electrons. The molecule has 1 aromatic carbocycles. The molecule has 2 aromatic heterocycles. The Morgan fingerprint density at radius 3 is 3.00 bits per heavy atom. The third-order valence-corrected chi connectivity index (χ3v) is 2.91. The number of nitrogens with zero attached hydrogens (tertiary/aromatic N) is 1. The van der Waals surface area contributed by atoms with Crippen LogP contribution >= 0.6 is 0 Å². The molecule has 5 nitrogen and oxygen atoms in total. The Morgan fingerprint density at radius 2 is 2.17 bits per heavy atom. The van der Waals surface area contributed by atoms with Crippen molar-refractivity contribution in [2.75, 3.05) is 7.05 Å². The number of hydrogen-bond donors (Lipinski definition) is 3. The maximum absolute atomic E-state index is 11.5. The maximum atomic E-state index is 11.5. The van der Waals surface area contributed by atoms with Crippen LogP contribution in [0.4, 0.5) is 0 Å². The molecule has 0 saturated heterocycles. The van der Waals surface area contributed by atoms with Gasteiger partial charge in [-0.2, -0.15) is 5.10 Å². The quantitative estimate of drug-likeness (QED) is 0.640. The lowest BCUT2D eigenvalue weighted by Crippen LogP contribution is -2.17. The topological polar surface area (TPSA) is 73.6 Å². The molecule has 90 valence electrons. The van der Waals surface area contributed by atoms with Crippen molar-refractivity contribution >= 4 is 16.8 Å². The summed E-state index contributed by atoms with van der Waals surface area (Å²) >= 11 is 0. The summed E-state index contributed by atoms with van der Waals surface area (Å²) in [6, 6.07) is 9.73. The fourth-order valence-corrected chi connectivity index (χ4v) is 1.99. The molecular weight excluding hydrogens is 228 g/mol. The molecule has 3 N–H and O–H groups in total. The molecule has 0 fully saturated rings. The highest BCUT2D eigenvalue weighted by molar-refractivity contribution is 5.97. The summed E-state index contributed by atoms with van der Waals surface area (Å²) in [6.45, 7) is 0. The first-order chi connectivity index (χ1) is 8.79. The van der Waals surface area contributed by atoms with Crippen LogP contribution in [0.25, 0.3) is 22.2 Å². The van der Waals surface area contributed by atoms with Gasteiger partial charge in [-0.05, 0) is 12.1 Å². The SMILES string of the molecule is CNC(=O)c1cc(-c2c[nH]c3ccccc23)n[nH]1. The van der Waals surface area contributed by atoms with Crippen molar-refractivity contribution in [2.24, 2.45) is 0 Å². The molecule has 0 bridgehead atoms. The Hall–Kier alpha value is -2.56. The van der Waals surface area contributed by atoms with Crippen LogP contribution in [-0.2, 0) is 0 Å². The van der Waals surface area contributed by atoms with E-state index in [0.717, 1.165) is 22.2 Å². The molecule has 0 atom stereocenters. The summed E-state index contributed by atoms with van der Waals surface area (Å²) in [7, 11) is 1.59. The molecule has 1 amide bonds. The number of carbonyl (C=O) groups is 1. The Morgan fingerprint density at radius 1 is 1.33 bits per heavy atom. The lowest BCUT2D eigenvalue weighted by molar-refractivity contribution is 0.0958. The summed E-state index contributed by atoms with van der Waals surface area (Å²) < 4.78 is 0. The lowest BCUT2D eigenvalue weighted by Gasteiger charge is -1.93. The van der Waals surface area contributed by atoms with E-state index >= 15 is 0 Å². The molecule has 2 heterocycles. The third-order valence-electron chi connectivity index (χ3n) is 2.91. The van der Waals surface area contributed by atoms with E-state index in [0.29, 0.717) is 5.69 Å². The van der Waals surface area contributed by atoms with Crippen LogP contribution in [0.1, 0.15) is 10.5 Å². The second-order valence-electron chi connectivity index (χ2n) is 3.99. The van der Waals surface area contributed by atoms with Gasteiger partial charge >= 0.3 is 0 Å². The van der Waals surface area contributed by atoms with Crippen LogP contribution in [-0.4, -0.2) is 28.1 Å². The number of para-hydroxylation sites is 1. The van der Waals surface area contributed by atoms with E-state index in [1.54, 1.807) is 13.1 Å². The van der Waals surface area contributed by atoms with E-state index < -0.39 is 0 Å². The zero-order valence-electron chi connectivity index (χ0n) is 9.82. The first-order valence-electron chi connectivity index (χ1n) is 5.63. The van der Waals surface area contributed by atoms with Gasteiger partial charge in [0.2, 0.25) is 0 Å². The van der Waals surface area contributed by atoms with Gasteiger partial charge in [0.1, 0.15) is 5.69 Å². The van der Waals surface area contributed by atoms with E-state index in [2.05, 4.69) is 20.5 Å². The van der Waals surface area contributed by atoms with Crippen LogP contribution in [0.3, 0.4) is 0 Å². The number of amides is 1. The molecule has 0 spiro atoms. The monoisotopic (exact) mass is 240 g/mol. The van der Waals surface area contributed by atoms with Crippen molar-refractivity contribution in [3.63, 3.8) is 0 Å². The first-order valence-corrected chi connectivity index (χ1v) is 5.63. The standard InChI is InChI=1S/C13H12N4O/c1-14-13(18)12-6-11(16-17-12)9-7-15-10-5-3-2-4-8(9)10/h2-7,15H,1H3,(H,14,18)(H,16,17). The second kappa shape index (κ2) is 4.03. The zero-order valence-corrected chi connectivity index (χ0v) is 9.82. The Labute approximate surface area is 103 Å². The van der Waals surface area contributed by atoms with Crippen molar-refractivity contribution in [1.29, 1.82) is 0 Å². The summed E-state index contributed by atoms with van der Waals surface area (Å²) in [4.78, 5) is 14.7. The normalized spacial score (nSPS) is 10.7. The molecule has 3 rings (SSSR count). The largest absolute Gasteiger partial charge is 0.360 e. The van der Waals surface area contributed by atoms with E-state index in [1.807, 2.05) is 30.5 Å². The van der Waals surface area contributed by atoms with Gasteiger partial charge in [0, 0.05) is 29.7 Å². The van der Waals surface area contributed by atoms with Gasteiger partial charge in [0.15, 0.2) is 0 Å². The van der Waals surface area contributed by atoms with E-state index in [-0.39, 0.29) is 5.91 Å². The number of benzene rings is 1. The molecule has 0 aliphatic carbocycles. The average Bonchev–Trinajstić information content (AvgIpc) is 3.03. The van der Waals surface area contributed by atoms with Crippen molar-refractivity contribution in [3.8, 4) is 11.3 Å². The Bertz CT molecular complexity index is 710. The van der Waals surface area contributed by atoms with Gasteiger partial charge in [-0.15, -0.1) is 0 Å². The van der Waals surface area contributed by atoms with Gasteiger partial charge in [0.05, 0.1) is 5.69 Å². The first kappa shape index (κ1) is 10.6. The zero-order chi connectivity index (χ0) is 12.5. The summed E-state index contributed by atoms with van der Waals surface area (Å²) in [5.41, 5.74) is 3.25. The van der Waals surface area contributed by atoms with Crippen molar-refractivity contribution in [1.82, 2.24) is 20.5 Å². The molecule has 0 aliphatic rings. The highest BCUT2D eigenvalue weighted by Crippen LogP contribution is 2.27. The Kier molecular flexibility index (Phi) is 2.37. The van der Waals surface area contributed by atoms with Crippen molar-refractivity contribution in [3.05, 3.63) is 42.2 Å². The van der Waals surface area contributed by atoms with Crippen molar-refractivity contribution in [2.45, 2.75) is 0 Å². The van der Waals surface area contributed by atoms with Crippen LogP contribution in [0.15, 0.2) is 36.5 Å². The lowest BCUT2D eigenvalue weighted by atomic mass is 10.1. The minimum Gasteiger partial charge on any atom is -0.360 e. The molecular formula is C13H12N4O. The minimum atomic E-state index is -0.173. The number of fused-ring (bicyclic) bond motifs is 1. The van der Waals surface area contributed by atoms with E-state index in [9.17, 15) is 4.79 Å².